The van der Waals surface area contributed by atoms with E-state index >= 15 is 0 Å². The maximum absolute atomic E-state index is 14.0. The van der Waals surface area contributed by atoms with Gasteiger partial charge in [0.1, 0.15) is 12.6 Å². The molecule has 2 amide bonds. The third kappa shape index (κ3) is 8.43. The standard InChI is InChI=1S/C29H34BrN3O4S/c1-22(2)19-31-29(35)27(18-23-12-6-4-7-13-23)32(20-24-14-8-5-9-15-24)28(34)21-33(38(3,36)37)26-17-11-10-16-25(26)30/h4-17,22,27H,18-21H2,1-3H3,(H,31,35). The predicted octanol–water partition coefficient (Wildman–Crippen LogP) is 4.63. The molecule has 0 aliphatic rings. The van der Waals surface area contributed by atoms with E-state index in [1.807, 2.05) is 74.5 Å². The molecule has 0 radical (unpaired) electrons. The van der Waals surface area contributed by atoms with Crippen molar-refractivity contribution >= 4 is 43.5 Å². The van der Waals surface area contributed by atoms with Gasteiger partial charge in [0.25, 0.3) is 0 Å². The first-order valence-electron chi connectivity index (χ1n) is 12.4. The van der Waals surface area contributed by atoms with E-state index in [-0.39, 0.29) is 24.8 Å². The summed E-state index contributed by atoms with van der Waals surface area (Å²) in [5.41, 5.74) is 2.09. The lowest BCUT2D eigenvalue weighted by Gasteiger charge is -2.33. The SMILES string of the molecule is CC(C)CNC(=O)C(Cc1ccccc1)N(Cc1ccccc1)C(=O)CN(c1ccccc1Br)S(C)(=O)=O. The van der Waals surface area contributed by atoms with Crippen molar-refractivity contribution < 1.29 is 18.0 Å². The normalized spacial score (nSPS) is 12.1. The van der Waals surface area contributed by atoms with Crippen molar-refractivity contribution in [2.24, 2.45) is 5.92 Å². The summed E-state index contributed by atoms with van der Waals surface area (Å²) in [7, 11) is -3.81. The summed E-state index contributed by atoms with van der Waals surface area (Å²) < 4.78 is 27.3. The summed E-state index contributed by atoms with van der Waals surface area (Å²) in [5.74, 6) is -0.528. The average Bonchev–Trinajstić information content (AvgIpc) is 2.89. The van der Waals surface area contributed by atoms with Crippen LogP contribution in [0.25, 0.3) is 0 Å². The van der Waals surface area contributed by atoms with Crippen LogP contribution in [0.4, 0.5) is 5.69 Å². The van der Waals surface area contributed by atoms with E-state index in [2.05, 4.69) is 21.2 Å². The number of para-hydroxylation sites is 1. The van der Waals surface area contributed by atoms with Crippen LogP contribution in [0.15, 0.2) is 89.4 Å². The maximum atomic E-state index is 14.0. The van der Waals surface area contributed by atoms with E-state index in [0.29, 0.717) is 16.7 Å². The molecule has 3 aromatic rings. The average molecular weight is 601 g/mol. The minimum Gasteiger partial charge on any atom is -0.354 e. The van der Waals surface area contributed by atoms with Crippen molar-refractivity contribution in [1.82, 2.24) is 10.2 Å². The lowest BCUT2D eigenvalue weighted by molar-refractivity contribution is -0.140. The summed E-state index contributed by atoms with van der Waals surface area (Å²) in [6.07, 6.45) is 1.36. The van der Waals surface area contributed by atoms with E-state index in [1.165, 1.54) is 4.90 Å². The van der Waals surface area contributed by atoms with E-state index in [1.54, 1.807) is 24.3 Å². The largest absolute Gasteiger partial charge is 0.354 e. The van der Waals surface area contributed by atoms with Crippen LogP contribution >= 0.6 is 15.9 Å². The highest BCUT2D eigenvalue weighted by molar-refractivity contribution is 9.10. The van der Waals surface area contributed by atoms with Gasteiger partial charge in [-0.15, -0.1) is 0 Å². The Morgan fingerprint density at radius 3 is 1.97 bits per heavy atom. The quantitative estimate of drug-likeness (QED) is 0.329. The molecule has 0 aromatic heterocycles. The number of amides is 2. The summed E-state index contributed by atoms with van der Waals surface area (Å²) in [6, 6.07) is 24.9. The molecule has 3 aromatic carbocycles. The number of anilines is 1. The van der Waals surface area contributed by atoms with Crippen molar-refractivity contribution in [2.45, 2.75) is 32.9 Å². The minimum absolute atomic E-state index is 0.153. The molecule has 1 N–H and O–H groups in total. The zero-order chi connectivity index (χ0) is 27.7. The van der Waals surface area contributed by atoms with Gasteiger partial charge in [-0.25, -0.2) is 8.42 Å². The van der Waals surface area contributed by atoms with Gasteiger partial charge in [0.2, 0.25) is 21.8 Å². The highest BCUT2D eigenvalue weighted by atomic mass is 79.9. The number of nitrogens with one attached hydrogen (secondary N) is 1. The second-order valence-electron chi connectivity index (χ2n) is 9.57. The molecule has 3 rings (SSSR count). The van der Waals surface area contributed by atoms with Crippen molar-refractivity contribution in [3.63, 3.8) is 0 Å². The van der Waals surface area contributed by atoms with Gasteiger partial charge >= 0.3 is 0 Å². The van der Waals surface area contributed by atoms with Crippen LogP contribution < -0.4 is 9.62 Å². The van der Waals surface area contributed by atoms with Gasteiger partial charge in [-0.3, -0.25) is 13.9 Å². The summed E-state index contributed by atoms with van der Waals surface area (Å²) in [6.45, 7) is 4.17. The summed E-state index contributed by atoms with van der Waals surface area (Å²) >= 11 is 3.41. The van der Waals surface area contributed by atoms with E-state index in [9.17, 15) is 18.0 Å². The Bertz CT molecular complexity index is 1320. The smallest absolute Gasteiger partial charge is 0.244 e. The van der Waals surface area contributed by atoms with E-state index < -0.39 is 28.5 Å². The molecule has 7 nitrogen and oxygen atoms in total. The fourth-order valence-electron chi connectivity index (χ4n) is 4.01. The van der Waals surface area contributed by atoms with Gasteiger partial charge in [0, 0.05) is 24.0 Å². The molecule has 9 heteroatoms. The first kappa shape index (κ1) is 29.4. The number of carbonyl (C=O) groups excluding carboxylic acids is 2. The Kier molecular flexibility index (Phi) is 10.5. The fourth-order valence-corrected chi connectivity index (χ4v) is 5.48. The third-order valence-electron chi connectivity index (χ3n) is 5.95. The highest BCUT2D eigenvalue weighted by Gasteiger charge is 2.33. The molecule has 0 saturated heterocycles. The molecule has 0 heterocycles. The Balaban J connectivity index is 2.03. The van der Waals surface area contributed by atoms with Crippen LogP contribution in [-0.4, -0.2) is 50.5 Å². The molecule has 1 atom stereocenters. The number of benzene rings is 3. The summed E-state index contributed by atoms with van der Waals surface area (Å²) in [5, 5.41) is 2.98. The topological polar surface area (TPSA) is 86.8 Å². The Labute approximate surface area is 234 Å². The second-order valence-corrected chi connectivity index (χ2v) is 12.3. The van der Waals surface area contributed by atoms with Crippen LogP contribution in [0, 0.1) is 5.92 Å². The number of halogens is 1. The van der Waals surface area contributed by atoms with Crippen LogP contribution in [0.5, 0.6) is 0 Å². The summed E-state index contributed by atoms with van der Waals surface area (Å²) in [4.78, 5) is 29.0. The Morgan fingerprint density at radius 2 is 1.42 bits per heavy atom. The molecule has 0 fully saturated rings. The molecule has 0 bridgehead atoms. The monoisotopic (exact) mass is 599 g/mol. The van der Waals surface area contributed by atoms with Gasteiger partial charge < -0.3 is 10.2 Å². The molecule has 1 unspecified atom stereocenters. The van der Waals surface area contributed by atoms with Gasteiger partial charge in [-0.05, 0) is 45.1 Å². The van der Waals surface area contributed by atoms with Crippen molar-refractivity contribution in [2.75, 3.05) is 23.7 Å². The zero-order valence-electron chi connectivity index (χ0n) is 21.9. The van der Waals surface area contributed by atoms with Crippen LogP contribution in [-0.2, 0) is 32.6 Å². The number of nitrogens with zero attached hydrogens (tertiary/aromatic N) is 2. The number of rotatable bonds is 12. The molecule has 0 saturated carbocycles. The number of sulfonamides is 1. The van der Waals surface area contributed by atoms with E-state index in [0.717, 1.165) is 21.7 Å². The molecule has 38 heavy (non-hydrogen) atoms. The van der Waals surface area contributed by atoms with Crippen molar-refractivity contribution in [1.29, 1.82) is 0 Å². The van der Waals surface area contributed by atoms with Gasteiger partial charge in [0.05, 0.1) is 11.9 Å². The predicted molar refractivity (Wildman–Crippen MR) is 155 cm³/mol. The zero-order valence-corrected chi connectivity index (χ0v) is 24.3. The number of hydrogen-bond acceptors (Lipinski definition) is 4. The third-order valence-corrected chi connectivity index (χ3v) is 7.75. The molecule has 0 aliphatic carbocycles. The lowest BCUT2D eigenvalue weighted by Crippen LogP contribution is -2.53. The van der Waals surface area contributed by atoms with Crippen molar-refractivity contribution in [3.8, 4) is 0 Å². The number of carbonyl (C=O) groups is 2. The van der Waals surface area contributed by atoms with Crippen LogP contribution in [0.3, 0.4) is 0 Å². The molecular weight excluding hydrogens is 566 g/mol. The molecule has 202 valence electrons. The van der Waals surface area contributed by atoms with Gasteiger partial charge in [-0.1, -0.05) is 86.6 Å². The van der Waals surface area contributed by atoms with Gasteiger partial charge in [-0.2, -0.15) is 0 Å². The first-order chi connectivity index (χ1) is 18.1. The second kappa shape index (κ2) is 13.6. The molecule has 0 aliphatic heterocycles. The Morgan fingerprint density at radius 1 is 0.868 bits per heavy atom. The van der Waals surface area contributed by atoms with E-state index in [4.69, 9.17) is 0 Å². The van der Waals surface area contributed by atoms with Crippen LogP contribution in [0.1, 0.15) is 25.0 Å². The fraction of sp³-hybridized carbons (Fsp3) is 0.310. The van der Waals surface area contributed by atoms with Crippen molar-refractivity contribution in [3.05, 3.63) is 101 Å². The van der Waals surface area contributed by atoms with Crippen LogP contribution in [0.2, 0.25) is 0 Å². The minimum atomic E-state index is -3.81. The maximum Gasteiger partial charge on any atom is 0.244 e. The number of hydrogen-bond donors (Lipinski definition) is 1. The van der Waals surface area contributed by atoms with Gasteiger partial charge in [0.15, 0.2) is 0 Å². The highest BCUT2D eigenvalue weighted by Crippen LogP contribution is 2.28. The molecule has 0 spiro atoms. The Hall–Kier alpha value is -3.17. The lowest BCUT2D eigenvalue weighted by atomic mass is 10.0. The first-order valence-corrected chi connectivity index (χ1v) is 15.1. The molecular formula is C29H34BrN3O4S.